The first-order valence-corrected chi connectivity index (χ1v) is 10.1. The zero-order valence-electron chi connectivity index (χ0n) is 16.0. The van der Waals surface area contributed by atoms with Crippen LogP contribution in [0, 0.1) is 5.92 Å². The molecule has 0 unspecified atom stereocenters. The van der Waals surface area contributed by atoms with Gasteiger partial charge in [-0.3, -0.25) is 14.9 Å². The maximum atomic E-state index is 11.8. The molecule has 1 aromatic heterocycles. The Labute approximate surface area is 160 Å². The molecule has 144 valence electrons. The van der Waals surface area contributed by atoms with Crippen LogP contribution in [0.1, 0.15) is 32.4 Å². The highest BCUT2D eigenvalue weighted by molar-refractivity contribution is 8.03. The Hall–Kier alpha value is -1.93. The number of hydrogen-bond acceptors (Lipinski definition) is 7. The fraction of sp³-hybridized carbons (Fsp3) is 0.556. The highest BCUT2D eigenvalue weighted by Gasteiger charge is 2.20. The first-order valence-electron chi connectivity index (χ1n) is 8.90. The average molecular weight is 380 g/mol. The summed E-state index contributed by atoms with van der Waals surface area (Å²) in [6, 6.07) is 1.75. The molecule has 0 saturated carbocycles. The summed E-state index contributed by atoms with van der Waals surface area (Å²) in [5, 5.41) is 5.37. The lowest BCUT2D eigenvalue weighted by molar-refractivity contribution is -0.121. The van der Waals surface area contributed by atoms with E-state index >= 15 is 0 Å². The van der Waals surface area contributed by atoms with Crippen molar-refractivity contribution in [2.45, 2.75) is 26.7 Å². The Morgan fingerprint density at radius 3 is 2.65 bits per heavy atom. The van der Waals surface area contributed by atoms with Gasteiger partial charge >= 0.3 is 0 Å². The maximum Gasteiger partial charge on any atom is 0.264 e. The number of thioether (sulfide) groups is 1. The molecule has 0 bridgehead atoms. The molecule has 0 radical (unpaired) electrons. The molecule has 8 heteroatoms. The monoisotopic (exact) mass is 379 g/mol. The van der Waals surface area contributed by atoms with Gasteiger partial charge in [0, 0.05) is 19.3 Å². The first-order chi connectivity index (χ1) is 12.7. The van der Waals surface area contributed by atoms with Crippen molar-refractivity contribution < 1.29 is 9.59 Å². The second-order valence-corrected chi connectivity index (χ2v) is 6.42. The highest BCUT2D eigenvalue weighted by Crippen LogP contribution is 2.21. The van der Waals surface area contributed by atoms with E-state index in [9.17, 15) is 9.59 Å². The number of nitrogens with one attached hydrogen (secondary N) is 2. The van der Waals surface area contributed by atoms with Gasteiger partial charge in [-0.2, -0.15) is 0 Å². The topological polar surface area (TPSA) is 87.2 Å². The van der Waals surface area contributed by atoms with Crippen LogP contribution in [0.4, 0.5) is 5.95 Å². The van der Waals surface area contributed by atoms with Crippen molar-refractivity contribution in [3.05, 3.63) is 22.9 Å². The molecule has 1 aliphatic heterocycles. The minimum atomic E-state index is -0.425. The lowest BCUT2D eigenvalue weighted by Crippen LogP contribution is -2.37. The molecule has 0 spiro atoms. The number of amides is 2. The van der Waals surface area contributed by atoms with Gasteiger partial charge in [0.15, 0.2) is 0 Å². The number of nitrogens with zero attached hydrogens (tertiary/aromatic N) is 3. The van der Waals surface area contributed by atoms with E-state index in [4.69, 9.17) is 0 Å². The van der Waals surface area contributed by atoms with E-state index in [0.717, 1.165) is 32.5 Å². The number of hydrogen-bond donors (Lipinski definition) is 2. The second-order valence-electron chi connectivity index (χ2n) is 5.57. The van der Waals surface area contributed by atoms with Crippen LogP contribution >= 0.6 is 11.8 Å². The standard InChI is InChI=1S/C16H23N5O2S.C2H6/c1-17-10-12-4-7-21(8-5-12)16-18-6-3-13(20-16)9-14(24-2)15(23)19-11-22;1-2/h3,6,9,11-12,17H,4-5,7-8,10H2,1-2H3,(H,19,22,23);1-2H3/b14-9-;. The van der Waals surface area contributed by atoms with Gasteiger partial charge in [-0.1, -0.05) is 13.8 Å². The summed E-state index contributed by atoms with van der Waals surface area (Å²) in [6.07, 6.45) is 7.76. The van der Waals surface area contributed by atoms with Crippen LogP contribution in [0.25, 0.3) is 6.08 Å². The zero-order chi connectivity index (χ0) is 19.4. The van der Waals surface area contributed by atoms with Gasteiger partial charge in [-0.05, 0) is 50.8 Å². The van der Waals surface area contributed by atoms with Crippen LogP contribution in [0.2, 0.25) is 0 Å². The Balaban J connectivity index is 0.00000163. The Morgan fingerprint density at radius 1 is 1.38 bits per heavy atom. The molecule has 1 saturated heterocycles. The van der Waals surface area contributed by atoms with E-state index in [1.54, 1.807) is 24.6 Å². The van der Waals surface area contributed by atoms with Gasteiger partial charge in [0.1, 0.15) is 0 Å². The largest absolute Gasteiger partial charge is 0.341 e. The van der Waals surface area contributed by atoms with Gasteiger partial charge < -0.3 is 10.2 Å². The minimum Gasteiger partial charge on any atom is -0.341 e. The predicted octanol–water partition coefficient (Wildman–Crippen LogP) is 1.92. The summed E-state index contributed by atoms with van der Waals surface area (Å²) in [4.78, 5) is 33.7. The number of aromatic nitrogens is 2. The SMILES string of the molecule is CC.CNCC1CCN(c2nccc(/C=C(\SC)C(=O)NC=O)n2)CC1. The third kappa shape index (κ3) is 6.76. The van der Waals surface area contributed by atoms with Crippen molar-refractivity contribution in [2.75, 3.05) is 37.8 Å². The summed E-state index contributed by atoms with van der Waals surface area (Å²) >= 11 is 1.27. The molecule has 2 rings (SSSR count). The Kier molecular flexibility index (Phi) is 10.6. The maximum absolute atomic E-state index is 11.8. The van der Waals surface area contributed by atoms with Gasteiger partial charge in [-0.25, -0.2) is 9.97 Å². The normalized spacial score (nSPS) is 15.1. The third-order valence-corrected chi connectivity index (χ3v) is 4.71. The third-order valence-electron chi connectivity index (χ3n) is 3.97. The fourth-order valence-corrected chi connectivity index (χ4v) is 3.18. The second kappa shape index (κ2) is 12.4. The molecule has 2 N–H and O–H groups in total. The van der Waals surface area contributed by atoms with Crippen LogP contribution in [0.15, 0.2) is 17.2 Å². The number of carbonyl (C=O) groups excluding carboxylic acids is 2. The van der Waals surface area contributed by atoms with Crippen molar-refractivity contribution in [1.29, 1.82) is 0 Å². The van der Waals surface area contributed by atoms with E-state index in [-0.39, 0.29) is 0 Å². The van der Waals surface area contributed by atoms with Crippen molar-refractivity contribution in [2.24, 2.45) is 5.92 Å². The fourth-order valence-electron chi connectivity index (χ4n) is 2.70. The Morgan fingerprint density at radius 2 is 2.08 bits per heavy atom. The molecule has 0 atom stereocenters. The highest BCUT2D eigenvalue weighted by atomic mass is 32.2. The molecule has 1 aromatic rings. The van der Waals surface area contributed by atoms with Crippen molar-refractivity contribution in [1.82, 2.24) is 20.6 Å². The molecule has 2 amide bonds. The van der Waals surface area contributed by atoms with E-state index in [1.165, 1.54) is 11.8 Å². The van der Waals surface area contributed by atoms with Crippen LogP contribution in [-0.2, 0) is 9.59 Å². The number of anilines is 1. The summed E-state index contributed by atoms with van der Waals surface area (Å²) < 4.78 is 0. The van der Waals surface area contributed by atoms with Gasteiger partial charge in [0.2, 0.25) is 12.4 Å². The number of imide groups is 1. The number of carbonyl (C=O) groups is 2. The summed E-state index contributed by atoms with van der Waals surface area (Å²) in [5.74, 6) is 0.956. The van der Waals surface area contributed by atoms with Crippen molar-refractivity contribution in [3.63, 3.8) is 0 Å². The molecule has 1 fully saturated rings. The van der Waals surface area contributed by atoms with Gasteiger partial charge in [-0.15, -0.1) is 11.8 Å². The van der Waals surface area contributed by atoms with E-state index in [2.05, 4.69) is 25.5 Å². The molecule has 1 aliphatic rings. The molecule has 2 heterocycles. The summed E-state index contributed by atoms with van der Waals surface area (Å²) in [5.41, 5.74) is 0.655. The molecule has 0 aromatic carbocycles. The van der Waals surface area contributed by atoms with E-state index in [1.807, 2.05) is 20.9 Å². The summed E-state index contributed by atoms with van der Waals surface area (Å²) in [6.45, 7) is 6.90. The molecular weight excluding hydrogens is 350 g/mol. The quantitative estimate of drug-likeness (QED) is 0.553. The predicted molar refractivity (Wildman–Crippen MR) is 108 cm³/mol. The zero-order valence-corrected chi connectivity index (χ0v) is 16.8. The minimum absolute atomic E-state index is 0.382. The van der Waals surface area contributed by atoms with Crippen LogP contribution < -0.4 is 15.5 Å². The van der Waals surface area contributed by atoms with E-state index < -0.39 is 5.91 Å². The summed E-state index contributed by atoms with van der Waals surface area (Å²) in [7, 11) is 1.98. The lowest BCUT2D eigenvalue weighted by Gasteiger charge is -2.31. The lowest BCUT2D eigenvalue weighted by atomic mass is 9.97. The number of rotatable bonds is 7. The van der Waals surface area contributed by atoms with Crippen molar-refractivity contribution >= 4 is 36.1 Å². The average Bonchev–Trinajstić information content (AvgIpc) is 2.69. The molecule has 26 heavy (non-hydrogen) atoms. The Bertz CT molecular complexity index is 601. The van der Waals surface area contributed by atoms with Gasteiger partial charge in [0.25, 0.3) is 5.91 Å². The molecule has 7 nitrogen and oxygen atoms in total. The van der Waals surface area contributed by atoms with Crippen molar-refractivity contribution in [3.8, 4) is 0 Å². The van der Waals surface area contributed by atoms with E-state index in [0.29, 0.717) is 28.9 Å². The molecule has 0 aliphatic carbocycles. The van der Waals surface area contributed by atoms with Gasteiger partial charge in [0.05, 0.1) is 10.6 Å². The first kappa shape index (κ1) is 22.1. The van der Waals surface area contributed by atoms with Crippen LogP contribution in [-0.4, -0.2) is 55.2 Å². The number of piperidine rings is 1. The smallest absolute Gasteiger partial charge is 0.264 e. The molecular formula is C18H29N5O2S. The van der Waals surface area contributed by atoms with Crippen LogP contribution in [0.3, 0.4) is 0 Å². The van der Waals surface area contributed by atoms with Crippen LogP contribution in [0.5, 0.6) is 0 Å².